The Morgan fingerprint density at radius 2 is 1.18 bits per heavy atom. The molecule has 1 amide bonds. The molecule has 0 radical (unpaired) electrons. The van der Waals surface area contributed by atoms with Crippen LogP contribution in [-0.2, 0) is 0 Å². The number of rotatable bonds is 16. The van der Waals surface area contributed by atoms with Crippen LogP contribution in [0.15, 0.2) is 24.4 Å². The number of aromatic nitrogens is 1. The van der Waals surface area contributed by atoms with Gasteiger partial charge in [-0.05, 0) is 57.5 Å². The molecule has 1 heterocycles. The van der Waals surface area contributed by atoms with Gasteiger partial charge in [0.25, 0.3) is 5.91 Å². The van der Waals surface area contributed by atoms with Crippen LogP contribution in [0, 0.1) is 0 Å². The zero-order valence-corrected chi connectivity index (χ0v) is 17.7. The molecule has 1 aromatic rings. The van der Waals surface area contributed by atoms with Crippen molar-refractivity contribution in [3.05, 3.63) is 30.1 Å². The third kappa shape index (κ3) is 17.9. The van der Waals surface area contributed by atoms with Crippen molar-refractivity contribution in [3.63, 3.8) is 0 Å². The zero-order chi connectivity index (χ0) is 20.7. The van der Waals surface area contributed by atoms with Crippen molar-refractivity contribution in [1.82, 2.24) is 10.3 Å². The molecule has 0 spiro atoms. The number of amides is 1. The van der Waals surface area contributed by atoms with Crippen molar-refractivity contribution in [2.75, 3.05) is 26.2 Å². The number of carbonyl (C=O) groups excluding carboxylic acids is 1. The maximum atomic E-state index is 11.6. The first-order chi connectivity index (χ1) is 13.8. The summed E-state index contributed by atoms with van der Waals surface area (Å²) in [6, 6.07) is 5.35. The number of unbranched alkanes of at least 4 members (excludes halogenated alkanes) is 10. The summed E-state index contributed by atoms with van der Waals surface area (Å²) in [6.45, 7) is 3.21. The topological polar surface area (TPSA) is 120 Å². The number of hydrogen-bond donors (Lipinski definition) is 4. The van der Waals surface area contributed by atoms with E-state index in [-0.39, 0.29) is 5.91 Å². The van der Waals surface area contributed by atoms with Gasteiger partial charge in [-0.2, -0.15) is 0 Å². The molecule has 0 aliphatic carbocycles. The molecule has 162 valence electrons. The molecule has 0 bridgehead atoms. The average Bonchev–Trinajstić information content (AvgIpc) is 2.73. The van der Waals surface area contributed by atoms with E-state index in [2.05, 4.69) is 10.3 Å². The molecular formula is C22H43N5O. The number of hydrogen-bond acceptors (Lipinski definition) is 5. The minimum atomic E-state index is -0.0845. The molecule has 1 rings (SSSR count). The Morgan fingerprint density at radius 1 is 0.714 bits per heavy atom. The molecule has 28 heavy (non-hydrogen) atoms. The fourth-order valence-electron chi connectivity index (χ4n) is 2.76. The van der Waals surface area contributed by atoms with Crippen LogP contribution in [0.1, 0.15) is 87.5 Å². The summed E-state index contributed by atoms with van der Waals surface area (Å²) in [5.41, 5.74) is 16.6. The summed E-state index contributed by atoms with van der Waals surface area (Å²) in [7, 11) is 0. The highest BCUT2D eigenvalue weighted by Crippen LogP contribution is 2.04. The maximum Gasteiger partial charge on any atom is 0.269 e. The van der Waals surface area contributed by atoms with Gasteiger partial charge in [-0.1, -0.05) is 57.4 Å². The van der Waals surface area contributed by atoms with Crippen LogP contribution < -0.4 is 22.5 Å². The Morgan fingerprint density at radius 3 is 1.61 bits per heavy atom. The van der Waals surface area contributed by atoms with Gasteiger partial charge in [0, 0.05) is 12.7 Å². The molecule has 0 aliphatic rings. The molecule has 0 unspecified atom stereocenters. The van der Waals surface area contributed by atoms with Crippen LogP contribution in [0.4, 0.5) is 0 Å². The lowest BCUT2D eigenvalue weighted by atomic mass is 10.1. The molecule has 0 atom stereocenters. The minimum absolute atomic E-state index is 0.0845. The summed E-state index contributed by atoms with van der Waals surface area (Å²) in [5, 5.41) is 2.88. The lowest BCUT2D eigenvalue weighted by molar-refractivity contribution is 0.0948. The number of nitrogens with two attached hydrogens (primary N) is 3. The van der Waals surface area contributed by atoms with Crippen molar-refractivity contribution < 1.29 is 4.79 Å². The van der Waals surface area contributed by atoms with Crippen molar-refractivity contribution in [3.8, 4) is 0 Å². The summed E-state index contributed by atoms with van der Waals surface area (Å²) in [5.74, 6) is -0.0845. The summed E-state index contributed by atoms with van der Waals surface area (Å²) >= 11 is 0. The predicted molar refractivity (Wildman–Crippen MR) is 119 cm³/mol. The Balaban J connectivity index is 0.000000621. The Kier molecular flexibility index (Phi) is 20.6. The summed E-state index contributed by atoms with van der Waals surface area (Å²) in [4.78, 5) is 15.6. The van der Waals surface area contributed by atoms with Gasteiger partial charge in [0.05, 0.1) is 0 Å². The lowest BCUT2D eigenvalue weighted by Gasteiger charge is -2.04. The molecule has 7 N–H and O–H groups in total. The van der Waals surface area contributed by atoms with Gasteiger partial charge in [-0.3, -0.25) is 9.78 Å². The highest BCUT2D eigenvalue weighted by molar-refractivity contribution is 5.92. The summed E-state index contributed by atoms with van der Waals surface area (Å²) < 4.78 is 0. The van der Waals surface area contributed by atoms with Gasteiger partial charge in [0.15, 0.2) is 0 Å². The monoisotopic (exact) mass is 393 g/mol. The van der Waals surface area contributed by atoms with Crippen LogP contribution in [0.5, 0.6) is 0 Å². The van der Waals surface area contributed by atoms with E-state index in [9.17, 15) is 4.79 Å². The van der Waals surface area contributed by atoms with Gasteiger partial charge in [-0.15, -0.1) is 0 Å². The molecule has 0 aromatic carbocycles. The highest BCUT2D eigenvalue weighted by atomic mass is 16.1. The number of pyridine rings is 1. The first kappa shape index (κ1) is 26.5. The van der Waals surface area contributed by atoms with E-state index in [4.69, 9.17) is 17.2 Å². The number of carbonyl (C=O) groups is 1. The standard InChI is InChI=1S/C14H23N3O.C8H20N2/c15-10-6-3-1-2-4-7-12-17-14(18)13-9-5-8-11-16-13;9-7-5-3-1-2-4-6-8-10/h5,8-9,11H,1-4,6-7,10,12,15H2,(H,17,18);1-10H2. The fraction of sp³-hybridized carbons (Fsp3) is 0.727. The Labute approximate surface area is 172 Å². The van der Waals surface area contributed by atoms with E-state index in [0.29, 0.717) is 5.69 Å². The minimum Gasteiger partial charge on any atom is -0.351 e. The second-order valence-corrected chi connectivity index (χ2v) is 7.08. The second-order valence-electron chi connectivity index (χ2n) is 7.08. The Hall–Kier alpha value is -1.50. The van der Waals surface area contributed by atoms with E-state index >= 15 is 0 Å². The van der Waals surface area contributed by atoms with E-state index in [1.165, 1.54) is 57.8 Å². The van der Waals surface area contributed by atoms with E-state index < -0.39 is 0 Å². The molecule has 0 aliphatic heterocycles. The second kappa shape index (κ2) is 21.8. The SMILES string of the molecule is NCCCCCCCCN.NCCCCCCCCNC(=O)c1ccccn1. The molecular weight excluding hydrogens is 350 g/mol. The van der Waals surface area contributed by atoms with Crippen LogP contribution in [0.2, 0.25) is 0 Å². The normalized spacial score (nSPS) is 10.2. The number of nitrogens with one attached hydrogen (secondary N) is 1. The smallest absolute Gasteiger partial charge is 0.269 e. The van der Waals surface area contributed by atoms with Crippen LogP contribution in [0.3, 0.4) is 0 Å². The first-order valence-corrected chi connectivity index (χ1v) is 11.1. The third-order valence-electron chi connectivity index (χ3n) is 4.47. The Bertz CT molecular complexity index is 434. The van der Waals surface area contributed by atoms with Crippen LogP contribution in [-0.4, -0.2) is 37.1 Å². The predicted octanol–water partition coefficient (Wildman–Crippen LogP) is 3.36. The van der Waals surface area contributed by atoms with Gasteiger partial charge < -0.3 is 22.5 Å². The average molecular weight is 394 g/mol. The van der Waals surface area contributed by atoms with Gasteiger partial charge in [-0.25, -0.2) is 0 Å². The van der Waals surface area contributed by atoms with Crippen molar-refractivity contribution in [2.45, 2.75) is 77.0 Å². The fourth-order valence-corrected chi connectivity index (χ4v) is 2.76. The van der Waals surface area contributed by atoms with Gasteiger partial charge >= 0.3 is 0 Å². The zero-order valence-electron chi connectivity index (χ0n) is 17.7. The van der Waals surface area contributed by atoms with Gasteiger partial charge in [0.1, 0.15) is 5.69 Å². The summed E-state index contributed by atoms with van der Waals surface area (Å²) in [6.07, 6.45) is 16.2. The van der Waals surface area contributed by atoms with E-state index in [1.54, 1.807) is 18.3 Å². The largest absolute Gasteiger partial charge is 0.351 e. The maximum absolute atomic E-state index is 11.6. The highest BCUT2D eigenvalue weighted by Gasteiger charge is 2.04. The van der Waals surface area contributed by atoms with E-state index in [1.807, 2.05) is 6.07 Å². The molecule has 6 heteroatoms. The molecule has 0 fully saturated rings. The molecule has 6 nitrogen and oxygen atoms in total. The van der Waals surface area contributed by atoms with Crippen LogP contribution >= 0.6 is 0 Å². The van der Waals surface area contributed by atoms with Gasteiger partial charge in [0.2, 0.25) is 0 Å². The molecule has 0 saturated heterocycles. The molecule has 1 aromatic heterocycles. The quantitative estimate of drug-likeness (QED) is 0.321. The third-order valence-corrected chi connectivity index (χ3v) is 4.47. The van der Waals surface area contributed by atoms with Crippen molar-refractivity contribution in [1.29, 1.82) is 0 Å². The van der Waals surface area contributed by atoms with Crippen molar-refractivity contribution >= 4 is 5.91 Å². The lowest BCUT2D eigenvalue weighted by Crippen LogP contribution is -2.25. The van der Waals surface area contributed by atoms with Crippen LogP contribution in [0.25, 0.3) is 0 Å². The number of nitrogens with zero attached hydrogens (tertiary/aromatic N) is 1. The molecule has 0 saturated carbocycles. The first-order valence-electron chi connectivity index (χ1n) is 11.1. The van der Waals surface area contributed by atoms with E-state index in [0.717, 1.165) is 45.4 Å². The van der Waals surface area contributed by atoms with Crippen molar-refractivity contribution in [2.24, 2.45) is 17.2 Å².